The SMILES string of the molecule is CCCNCc1cc(C)ccc1SCc1ccc(Cl)cc1. The van der Waals surface area contributed by atoms with Crippen LogP contribution in [0.3, 0.4) is 0 Å². The molecule has 0 aliphatic carbocycles. The van der Waals surface area contributed by atoms with Crippen molar-refractivity contribution in [1.82, 2.24) is 5.32 Å². The minimum Gasteiger partial charge on any atom is -0.313 e. The summed E-state index contributed by atoms with van der Waals surface area (Å²) in [5.74, 6) is 0.973. The van der Waals surface area contributed by atoms with Crippen LogP contribution < -0.4 is 5.32 Å². The normalized spacial score (nSPS) is 10.8. The second-order valence-corrected chi connectivity index (χ2v) is 6.66. The van der Waals surface area contributed by atoms with Crippen LogP contribution in [-0.4, -0.2) is 6.54 Å². The van der Waals surface area contributed by atoms with Crippen LogP contribution in [0.2, 0.25) is 5.02 Å². The van der Waals surface area contributed by atoms with Gasteiger partial charge in [-0.05, 0) is 49.2 Å². The average molecular weight is 320 g/mol. The molecule has 21 heavy (non-hydrogen) atoms. The van der Waals surface area contributed by atoms with E-state index in [0.717, 1.165) is 23.9 Å². The summed E-state index contributed by atoms with van der Waals surface area (Å²) < 4.78 is 0. The van der Waals surface area contributed by atoms with Gasteiger partial charge >= 0.3 is 0 Å². The highest BCUT2D eigenvalue weighted by Gasteiger charge is 2.04. The molecule has 0 saturated heterocycles. The van der Waals surface area contributed by atoms with E-state index in [-0.39, 0.29) is 0 Å². The molecule has 0 atom stereocenters. The number of thioether (sulfide) groups is 1. The van der Waals surface area contributed by atoms with Crippen LogP contribution in [0.15, 0.2) is 47.4 Å². The maximum absolute atomic E-state index is 5.93. The monoisotopic (exact) mass is 319 g/mol. The van der Waals surface area contributed by atoms with E-state index in [0.29, 0.717) is 0 Å². The number of benzene rings is 2. The molecule has 0 radical (unpaired) electrons. The fourth-order valence-electron chi connectivity index (χ4n) is 2.13. The summed E-state index contributed by atoms with van der Waals surface area (Å²) in [6.45, 7) is 6.35. The lowest BCUT2D eigenvalue weighted by Crippen LogP contribution is -2.14. The molecule has 0 spiro atoms. The first-order valence-corrected chi connectivity index (χ1v) is 8.73. The summed E-state index contributed by atoms with van der Waals surface area (Å²) in [6, 6.07) is 14.8. The van der Waals surface area contributed by atoms with E-state index in [1.807, 2.05) is 23.9 Å². The Balaban J connectivity index is 2.02. The number of halogens is 1. The molecule has 2 aromatic carbocycles. The smallest absolute Gasteiger partial charge is 0.0406 e. The van der Waals surface area contributed by atoms with Gasteiger partial charge in [-0.1, -0.05) is 48.4 Å². The van der Waals surface area contributed by atoms with Crippen LogP contribution in [0.5, 0.6) is 0 Å². The second kappa shape index (κ2) is 8.47. The molecule has 0 fully saturated rings. The highest BCUT2D eigenvalue weighted by Crippen LogP contribution is 2.27. The highest BCUT2D eigenvalue weighted by atomic mass is 35.5. The third kappa shape index (κ3) is 5.39. The summed E-state index contributed by atoms with van der Waals surface area (Å²) >= 11 is 7.82. The minimum atomic E-state index is 0.795. The molecular formula is C18H22ClNS. The third-order valence-electron chi connectivity index (χ3n) is 3.27. The van der Waals surface area contributed by atoms with Gasteiger partial charge in [0.2, 0.25) is 0 Å². The van der Waals surface area contributed by atoms with Crippen molar-refractivity contribution in [3.8, 4) is 0 Å². The lowest BCUT2D eigenvalue weighted by Gasteiger charge is -2.11. The zero-order valence-electron chi connectivity index (χ0n) is 12.7. The zero-order valence-corrected chi connectivity index (χ0v) is 14.2. The van der Waals surface area contributed by atoms with Crippen molar-refractivity contribution < 1.29 is 0 Å². The van der Waals surface area contributed by atoms with Crippen LogP contribution in [0.4, 0.5) is 0 Å². The molecule has 0 saturated carbocycles. The second-order valence-electron chi connectivity index (χ2n) is 5.20. The van der Waals surface area contributed by atoms with Gasteiger partial charge in [-0.15, -0.1) is 11.8 Å². The Kier molecular flexibility index (Phi) is 6.62. The van der Waals surface area contributed by atoms with Crippen LogP contribution in [0.1, 0.15) is 30.0 Å². The Morgan fingerprint density at radius 1 is 1.10 bits per heavy atom. The molecule has 0 bridgehead atoms. The van der Waals surface area contributed by atoms with Gasteiger partial charge < -0.3 is 5.32 Å². The lowest BCUT2D eigenvalue weighted by molar-refractivity contribution is 0.669. The van der Waals surface area contributed by atoms with Crippen molar-refractivity contribution in [3.63, 3.8) is 0 Å². The van der Waals surface area contributed by atoms with Crippen molar-refractivity contribution in [3.05, 3.63) is 64.2 Å². The van der Waals surface area contributed by atoms with E-state index >= 15 is 0 Å². The van der Waals surface area contributed by atoms with E-state index in [2.05, 4.69) is 49.5 Å². The molecule has 2 rings (SSSR count). The summed E-state index contributed by atoms with van der Waals surface area (Å²) in [5.41, 5.74) is 4.01. The van der Waals surface area contributed by atoms with Crippen LogP contribution in [-0.2, 0) is 12.3 Å². The van der Waals surface area contributed by atoms with Crippen molar-refractivity contribution >= 4 is 23.4 Å². The lowest BCUT2D eigenvalue weighted by atomic mass is 10.1. The van der Waals surface area contributed by atoms with Gasteiger partial charge in [0.25, 0.3) is 0 Å². The highest BCUT2D eigenvalue weighted by molar-refractivity contribution is 7.98. The largest absolute Gasteiger partial charge is 0.313 e. The van der Waals surface area contributed by atoms with Gasteiger partial charge in [0, 0.05) is 22.2 Å². The Morgan fingerprint density at radius 2 is 1.86 bits per heavy atom. The standard InChI is InChI=1S/C18H22ClNS/c1-3-10-20-12-16-11-14(2)4-9-18(16)21-13-15-5-7-17(19)8-6-15/h4-9,11,20H,3,10,12-13H2,1-2H3. The minimum absolute atomic E-state index is 0.795. The van der Waals surface area contributed by atoms with E-state index in [1.165, 1.54) is 28.0 Å². The van der Waals surface area contributed by atoms with Crippen molar-refractivity contribution in [2.24, 2.45) is 0 Å². The molecule has 0 aromatic heterocycles. The fraction of sp³-hybridized carbons (Fsp3) is 0.333. The molecular weight excluding hydrogens is 298 g/mol. The molecule has 0 unspecified atom stereocenters. The van der Waals surface area contributed by atoms with Crippen LogP contribution in [0, 0.1) is 6.92 Å². The maximum Gasteiger partial charge on any atom is 0.0406 e. The summed E-state index contributed by atoms with van der Waals surface area (Å²) in [5, 5.41) is 4.29. The summed E-state index contributed by atoms with van der Waals surface area (Å²) in [4.78, 5) is 1.36. The Hall–Kier alpha value is -0.960. The molecule has 112 valence electrons. The number of nitrogens with one attached hydrogen (secondary N) is 1. The summed E-state index contributed by atoms with van der Waals surface area (Å²) in [7, 11) is 0. The first-order valence-electron chi connectivity index (χ1n) is 7.36. The van der Waals surface area contributed by atoms with Gasteiger partial charge in [-0.3, -0.25) is 0 Å². The fourth-order valence-corrected chi connectivity index (χ4v) is 3.25. The molecule has 1 nitrogen and oxygen atoms in total. The van der Waals surface area contributed by atoms with Crippen molar-refractivity contribution in [1.29, 1.82) is 0 Å². The molecule has 1 N–H and O–H groups in total. The van der Waals surface area contributed by atoms with Gasteiger partial charge in [-0.2, -0.15) is 0 Å². The van der Waals surface area contributed by atoms with Gasteiger partial charge in [0.05, 0.1) is 0 Å². The topological polar surface area (TPSA) is 12.0 Å². The average Bonchev–Trinajstić information content (AvgIpc) is 2.48. The number of rotatable bonds is 7. The van der Waals surface area contributed by atoms with Gasteiger partial charge in [0.1, 0.15) is 0 Å². The number of hydrogen-bond donors (Lipinski definition) is 1. The van der Waals surface area contributed by atoms with Crippen LogP contribution >= 0.6 is 23.4 Å². The van der Waals surface area contributed by atoms with E-state index in [4.69, 9.17) is 11.6 Å². The van der Waals surface area contributed by atoms with E-state index in [1.54, 1.807) is 0 Å². The van der Waals surface area contributed by atoms with Crippen LogP contribution in [0.25, 0.3) is 0 Å². The Morgan fingerprint density at radius 3 is 2.57 bits per heavy atom. The Bertz CT molecular complexity index is 566. The summed E-state index contributed by atoms with van der Waals surface area (Å²) in [6.07, 6.45) is 1.17. The zero-order chi connectivity index (χ0) is 15.1. The van der Waals surface area contributed by atoms with Gasteiger partial charge in [0.15, 0.2) is 0 Å². The first-order chi connectivity index (χ1) is 10.2. The molecule has 0 heterocycles. The molecule has 0 amide bonds. The molecule has 0 aliphatic heterocycles. The van der Waals surface area contributed by atoms with Crippen molar-refractivity contribution in [2.75, 3.05) is 6.54 Å². The molecule has 3 heteroatoms. The van der Waals surface area contributed by atoms with E-state index < -0.39 is 0 Å². The van der Waals surface area contributed by atoms with Gasteiger partial charge in [-0.25, -0.2) is 0 Å². The molecule has 0 aliphatic rings. The quantitative estimate of drug-likeness (QED) is 0.538. The molecule has 2 aromatic rings. The van der Waals surface area contributed by atoms with Crippen molar-refractivity contribution in [2.45, 2.75) is 37.5 Å². The third-order valence-corrected chi connectivity index (χ3v) is 4.70. The Labute approximate surface area is 137 Å². The first kappa shape index (κ1) is 16.4. The predicted octanol–water partition coefficient (Wildman–Crippen LogP) is 5.44. The number of aryl methyl sites for hydroxylation is 1. The number of hydrogen-bond acceptors (Lipinski definition) is 2. The predicted molar refractivity (Wildman–Crippen MR) is 94.2 cm³/mol. The van der Waals surface area contributed by atoms with E-state index in [9.17, 15) is 0 Å². The maximum atomic E-state index is 5.93.